The van der Waals surface area contributed by atoms with Crippen LogP contribution in [0.2, 0.25) is 0 Å². The summed E-state index contributed by atoms with van der Waals surface area (Å²) in [5.41, 5.74) is 2.25. The average molecular weight is 247 g/mol. The molecule has 1 unspecified atom stereocenters. The Bertz CT molecular complexity index is 339. The molecule has 1 aromatic carbocycles. The van der Waals surface area contributed by atoms with Crippen LogP contribution in [-0.2, 0) is 0 Å². The minimum Gasteiger partial charge on any atom is -0.387 e. The number of rotatable bonds is 4. The van der Waals surface area contributed by atoms with E-state index in [2.05, 4.69) is 24.4 Å². The Labute approximate surface area is 110 Å². The maximum absolute atomic E-state index is 10.1. The van der Waals surface area contributed by atoms with Crippen molar-refractivity contribution in [3.63, 3.8) is 0 Å². The van der Waals surface area contributed by atoms with E-state index in [9.17, 15) is 5.11 Å². The Morgan fingerprint density at radius 3 is 2.33 bits per heavy atom. The van der Waals surface area contributed by atoms with Crippen molar-refractivity contribution in [1.29, 1.82) is 0 Å². The van der Waals surface area contributed by atoms with Crippen molar-refractivity contribution in [2.75, 3.05) is 6.54 Å². The van der Waals surface area contributed by atoms with Crippen molar-refractivity contribution in [3.05, 3.63) is 35.4 Å². The average Bonchev–Trinajstić information content (AvgIpc) is 2.65. The number of nitrogens with one attached hydrogen (secondary N) is 1. The zero-order valence-electron chi connectivity index (χ0n) is 11.4. The minimum absolute atomic E-state index is 0.381. The Hall–Kier alpha value is -0.860. The third-order valence-corrected chi connectivity index (χ3v) is 3.92. The third-order valence-electron chi connectivity index (χ3n) is 3.92. The topological polar surface area (TPSA) is 32.3 Å². The van der Waals surface area contributed by atoms with Crippen LogP contribution < -0.4 is 5.32 Å². The molecule has 18 heavy (non-hydrogen) atoms. The molecule has 2 N–H and O–H groups in total. The van der Waals surface area contributed by atoms with Gasteiger partial charge in [0.2, 0.25) is 0 Å². The summed E-state index contributed by atoms with van der Waals surface area (Å²) in [6, 6.07) is 8.77. The van der Waals surface area contributed by atoms with Crippen LogP contribution in [0.5, 0.6) is 0 Å². The van der Waals surface area contributed by atoms with E-state index < -0.39 is 0 Å². The van der Waals surface area contributed by atoms with Crippen molar-refractivity contribution < 1.29 is 5.11 Å². The number of benzene rings is 1. The number of hydrogen-bond donors (Lipinski definition) is 2. The number of hydrogen-bond acceptors (Lipinski definition) is 2. The van der Waals surface area contributed by atoms with E-state index in [1.165, 1.54) is 44.1 Å². The van der Waals surface area contributed by atoms with Gasteiger partial charge >= 0.3 is 0 Å². The highest BCUT2D eigenvalue weighted by molar-refractivity contribution is 5.23. The smallest absolute Gasteiger partial charge is 0.0914 e. The summed E-state index contributed by atoms with van der Waals surface area (Å²) in [5.74, 6) is 0. The first-order chi connectivity index (χ1) is 8.75. The molecule has 100 valence electrons. The molecule has 0 radical (unpaired) electrons. The van der Waals surface area contributed by atoms with Gasteiger partial charge in [-0.2, -0.15) is 0 Å². The molecule has 0 bridgehead atoms. The highest BCUT2D eigenvalue weighted by Crippen LogP contribution is 2.18. The molecule has 0 spiro atoms. The molecule has 0 aromatic heterocycles. The van der Waals surface area contributed by atoms with E-state index >= 15 is 0 Å². The molecule has 1 atom stereocenters. The van der Waals surface area contributed by atoms with Gasteiger partial charge in [0.1, 0.15) is 0 Å². The van der Waals surface area contributed by atoms with Crippen LogP contribution in [-0.4, -0.2) is 17.7 Å². The monoisotopic (exact) mass is 247 g/mol. The van der Waals surface area contributed by atoms with Crippen LogP contribution in [0.3, 0.4) is 0 Å². The van der Waals surface area contributed by atoms with Crippen molar-refractivity contribution in [2.45, 2.75) is 57.6 Å². The van der Waals surface area contributed by atoms with Gasteiger partial charge < -0.3 is 10.4 Å². The molecule has 1 aromatic rings. The lowest BCUT2D eigenvalue weighted by atomic mass is 10.1. The second-order valence-electron chi connectivity index (χ2n) is 5.52. The summed E-state index contributed by atoms with van der Waals surface area (Å²) in [6.07, 6.45) is 7.56. The van der Waals surface area contributed by atoms with Gasteiger partial charge in [-0.25, -0.2) is 0 Å². The molecule has 2 nitrogen and oxygen atoms in total. The Balaban J connectivity index is 1.80. The summed E-state index contributed by atoms with van der Waals surface area (Å²) in [7, 11) is 0. The number of aliphatic hydroxyl groups is 1. The lowest BCUT2D eigenvalue weighted by Gasteiger charge is -2.19. The third kappa shape index (κ3) is 4.11. The van der Waals surface area contributed by atoms with Gasteiger partial charge in [0.25, 0.3) is 0 Å². The van der Waals surface area contributed by atoms with Crippen molar-refractivity contribution >= 4 is 0 Å². The van der Waals surface area contributed by atoms with Crippen molar-refractivity contribution in [1.82, 2.24) is 5.32 Å². The van der Waals surface area contributed by atoms with E-state index in [1.54, 1.807) is 0 Å². The quantitative estimate of drug-likeness (QED) is 0.800. The standard InChI is InChI=1S/C16H25NO/c1-13-8-10-14(11-9-13)16(18)12-17-15-6-4-2-3-5-7-15/h8-11,15-18H,2-7,12H2,1H3. The number of aliphatic hydroxyl groups excluding tert-OH is 1. The first-order valence-electron chi connectivity index (χ1n) is 7.24. The van der Waals surface area contributed by atoms with Gasteiger partial charge in [0.05, 0.1) is 6.10 Å². The summed E-state index contributed by atoms with van der Waals surface area (Å²) in [6.45, 7) is 2.74. The molecule has 2 heteroatoms. The Morgan fingerprint density at radius 1 is 1.11 bits per heavy atom. The van der Waals surface area contributed by atoms with Crippen LogP contribution in [0.1, 0.15) is 55.8 Å². The fourth-order valence-corrected chi connectivity index (χ4v) is 2.67. The SMILES string of the molecule is Cc1ccc(C(O)CNC2CCCCCC2)cc1. The van der Waals surface area contributed by atoms with E-state index in [4.69, 9.17) is 0 Å². The molecule has 1 saturated carbocycles. The molecule has 2 rings (SSSR count). The van der Waals surface area contributed by atoms with Crippen molar-refractivity contribution in [3.8, 4) is 0 Å². The van der Waals surface area contributed by atoms with Gasteiger partial charge in [-0.1, -0.05) is 55.5 Å². The highest BCUT2D eigenvalue weighted by Gasteiger charge is 2.14. The molecule has 1 aliphatic rings. The zero-order chi connectivity index (χ0) is 12.8. The second kappa shape index (κ2) is 6.91. The van der Waals surface area contributed by atoms with Crippen LogP contribution in [0, 0.1) is 6.92 Å². The first kappa shape index (κ1) is 13.6. The molecule has 1 fully saturated rings. The fourth-order valence-electron chi connectivity index (χ4n) is 2.67. The summed E-state index contributed by atoms with van der Waals surface area (Å²) in [4.78, 5) is 0. The van der Waals surface area contributed by atoms with Crippen LogP contribution in [0.4, 0.5) is 0 Å². The fraction of sp³-hybridized carbons (Fsp3) is 0.625. The Morgan fingerprint density at radius 2 is 1.72 bits per heavy atom. The Kier molecular flexibility index (Phi) is 5.21. The molecule has 0 saturated heterocycles. The zero-order valence-corrected chi connectivity index (χ0v) is 11.4. The summed E-state index contributed by atoms with van der Waals surface area (Å²) >= 11 is 0. The molecule has 1 aliphatic carbocycles. The molecule has 0 aliphatic heterocycles. The number of aryl methyl sites for hydroxylation is 1. The van der Waals surface area contributed by atoms with E-state index in [0.717, 1.165) is 5.56 Å². The van der Waals surface area contributed by atoms with E-state index in [0.29, 0.717) is 12.6 Å². The maximum Gasteiger partial charge on any atom is 0.0914 e. The first-order valence-corrected chi connectivity index (χ1v) is 7.24. The van der Waals surface area contributed by atoms with Gasteiger partial charge in [-0.15, -0.1) is 0 Å². The van der Waals surface area contributed by atoms with Crippen LogP contribution in [0.25, 0.3) is 0 Å². The van der Waals surface area contributed by atoms with Crippen LogP contribution in [0.15, 0.2) is 24.3 Å². The minimum atomic E-state index is -0.381. The van der Waals surface area contributed by atoms with Crippen molar-refractivity contribution in [2.24, 2.45) is 0 Å². The second-order valence-corrected chi connectivity index (χ2v) is 5.52. The molecular formula is C16H25NO. The highest BCUT2D eigenvalue weighted by atomic mass is 16.3. The van der Waals surface area contributed by atoms with Gasteiger partial charge in [-0.3, -0.25) is 0 Å². The lowest BCUT2D eigenvalue weighted by molar-refractivity contribution is 0.168. The van der Waals surface area contributed by atoms with Gasteiger partial charge in [-0.05, 0) is 25.3 Å². The molecular weight excluding hydrogens is 222 g/mol. The maximum atomic E-state index is 10.1. The van der Waals surface area contributed by atoms with E-state index in [-0.39, 0.29) is 6.10 Å². The molecule has 0 amide bonds. The van der Waals surface area contributed by atoms with Gasteiger partial charge in [0.15, 0.2) is 0 Å². The normalized spacial score (nSPS) is 19.4. The lowest BCUT2D eigenvalue weighted by Crippen LogP contribution is -2.32. The predicted molar refractivity (Wildman–Crippen MR) is 75.6 cm³/mol. The van der Waals surface area contributed by atoms with Crippen LogP contribution >= 0.6 is 0 Å². The summed E-state index contributed by atoms with van der Waals surface area (Å²) < 4.78 is 0. The largest absolute Gasteiger partial charge is 0.387 e. The van der Waals surface area contributed by atoms with Gasteiger partial charge in [0, 0.05) is 12.6 Å². The summed E-state index contributed by atoms with van der Waals surface area (Å²) in [5, 5.41) is 13.7. The predicted octanol–water partition coefficient (Wildman–Crippen LogP) is 3.34. The molecule has 0 heterocycles. The van der Waals surface area contributed by atoms with E-state index in [1.807, 2.05) is 12.1 Å².